The number of rotatable bonds is 14. The minimum atomic E-state index is -0.716. The molecule has 0 saturated carbocycles. The second-order valence-electron chi connectivity index (χ2n) is 10.9. The fourth-order valence-electron chi connectivity index (χ4n) is 5.10. The zero-order chi connectivity index (χ0) is 35.0. The average Bonchev–Trinajstić information content (AvgIpc) is 3.56. The average molecular weight is 714 g/mol. The van der Waals surface area contributed by atoms with Crippen molar-refractivity contribution >= 4 is 44.7 Å². The molecule has 2 N–H and O–H groups in total. The summed E-state index contributed by atoms with van der Waals surface area (Å²) in [6.07, 6.45) is 5.00. The molecular weight excluding hydrogens is 681 g/mol. The monoisotopic (exact) mass is 713 g/mol. The van der Waals surface area contributed by atoms with Gasteiger partial charge in [-0.15, -0.1) is 11.3 Å². The number of thiophene rings is 1. The van der Waals surface area contributed by atoms with Crippen LogP contribution in [0.4, 0.5) is 10.1 Å². The Hall–Kier alpha value is -5.14. The SMILES string of the molecule is CCOCCNCc1ccc(-c2cc3nccc(Oc4ccc(NC(=O)c5c(OCC)ccn(-c6ccc(F)cc6)c5=O)c(Cl)c4)c3s2)nc1. The molecule has 13 heteroatoms. The molecule has 256 valence electrons. The number of ether oxygens (including phenoxy) is 3. The third-order valence-corrected chi connectivity index (χ3v) is 8.99. The summed E-state index contributed by atoms with van der Waals surface area (Å²) in [6.45, 7) is 6.80. The van der Waals surface area contributed by atoms with Gasteiger partial charge in [0.05, 0.1) is 44.7 Å². The lowest BCUT2D eigenvalue weighted by Gasteiger charge is -2.14. The van der Waals surface area contributed by atoms with Gasteiger partial charge in [-0.05, 0) is 74.0 Å². The van der Waals surface area contributed by atoms with E-state index in [0.29, 0.717) is 36.9 Å². The molecule has 4 heterocycles. The first-order valence-electron chi connectivity index (χ1n) is 15.9. The summed E-state index contributed by atoms with van der Waals surface area (Å²) in [7, 11) is 0. The van der Waals surface area contributed by atoms with Crippen molar-refractivity contribution in [3.63, 3.8) is 0 Å². The number of carbonyl (C=O) groups is 1. The minimum Gasteiger partial charge on any atom is -0.493 e. The van der Waals surface area contributed by atoms with Gasteiger partial charge < -0.3 is 24.8 Å². The van der Waals surface area contributed by atoms with Crippen LogP contribution < -0.4 is 25.7 Å². The molecule has 0 spiro atoms. The lowest BCUT2D eigenvalue weighted by atomic mass is 10.2. The number of nitrogens with one attached hydrogen (secondary N) is 2. The molecule has 0 aliphatic rings. The van der Waals surface area contributed by atoms with E-state index in [9.17, 15) is 14.0 Å². The van der Waals surface area contributed by atoms with E-state index in [0.717, 1.165) is 32.9 Å². The molecule has 10 nitrogen and oxygen atoms in total. The fraction of sp³-hybridized carbons (Fsp3) is 0.189. The quantitative estimate of drug-likeness (QED) is 0.110. The molecule has 0 unspecified atom stereocenters. The van der Waals surface area contributed by atoms with Crippen LogP contribution in [-0.4, -0.2) is 46.8 Å². The van der Waals surface area contributed by atoms with Crippen LogP contribution in [0.1, 0.15) is 29.8 Å². The number of fused-ring (bicyclic) bond motifs is 1. The minimum absolute atomic E-state index is 0.109. The standard InChI is InChI=1S/C37H33ClFN5O5S/c1-3-47-18-16-40-21-23-5-11-29(42-22-23)33-20-30-35(50-33)32(13-15-41-30)49-26-10-12-28(27(38)19-26)43-36(45)34-31(48-4-2)14-17-44(37(34)46)25-8-6-24(39)7-9-25/h5-15,17,19-20,22,40H,3-4,16,18,21H2,1-2H3,(H,43,45). The van der Waals surface area contributed by atoms with E-state index in [-0.39, 0.29) is 28.6 Å². The van der Waals surface area contributed by atoms with Gasteiger partial charge in [0.25, 0.3) is 11.5 Å². The van der Waals surface area contributed by atoms with Gasteiger partial charge >= 0.3 is 0 Å². The number of hydrogen-bond donors (Lipinski definition) is 2. The number of hydrogen-bond acceptors (Lipinski definition) is 9. The Balaban J connectivity index is 1.18. The van der Waals surface area contributed by atoms with Crippen LogP contribution in [0.3, 0.4) is 0 Å². The van der Waals surface area contributed by atoms with Crippen molar-refractivity contribution in [1.29, 1.82) is 0 Å². The van der Waals surface area contributed by atoms with E-state index in [4.69, 9.17) is 25.8 Å². The molecule has 0 fully saturated rings. The van der Waals surface area contributed by atoms with Gasteiger partial charge in [-0.2, -0.15) is 0 Å². The molecule has 0 bridgehead atoms. The molecule has 4 aromatic heterocycles. The highest BCUT2D eigenvalue weighted by atomic mass is 35.5. The van der Waals surface area contributed by atoms with E-state index < -0.39 is 17.3 Å². The molecule has 0 aliphatic heterocycles. The number of amides is 1. The largest absolute Gasteiger partial charge is 0.493 e. The van der Waals surface area contributed by atoms with Crippen LogP contribution in [0.2, 0.25) is 5.02 Å². The number of pyridine rings is 3. The Labute approximate surface area is 296 Å². The van der Waals surface area contributed by atoms with Gasteiger partial charge in [0.2, 0.25) is 0 Å². The highest BCUT2D eigenvalue weighted by molar-refractivity contribution is 7.22. The summed E-state index contributed by atoms with van der Waals surface area (Å²) in [5, 5.41) is 6.25. The van der Waals surface area contributed by atoms with Gasteiger partial charge in [0, 0.05) is 56.1 Å². The van der Waals surface area contributed by atoms with Crippen molar-refractivity contribution in [2.75, 3.05) is 31.7 Å². The number of aromatic nitrogens is 3. The van der Waals surface area contributed by atoms with E-state index >= 15 is 0 Å². The summed E-state index contributed by atoms with van der Waals surface area (Å²) < 4.78 is 32.8. The third-order valence-electron chi connectivity index (χ3n) is 7.51. The van der Waals surface area contributed by atoms with Gasteiger partial charge in [-0.25, -0.2) is 4.39 Å². The molecule has 6 aromatic rings. The Kier molecular flexibility index (Phi) is 11.1. The Bertz CT molecular complexity index is 2170. The van der Waals surface area contributed by atoms with E-state index in [1.807, 2.05) is 31.3 Å². The number of carbonyl (C=O) groups excluding carboxylic acids is 1. The van der Waals surface area contributed by atoms with Crippen molar-refractivity contribution in [1.82, 2.24) is 19.9 Å². The third kappa shape index (κ3) is 8.01. The molecule has 6 rings (SSSR count). The molecule has 0 saturated heterocycles. The van der Waals surface area contributed by atoms with Gasteiger partial charge in [0.15, 0.2) is 0 Å². The summed E-state index contributed by atoms with van der Waals surface area (Å²) in [5.41, 5.74) is 2.47. The first-order valence-corrected chi connectivity index (χ1v) is 17.1. The molecule has 0 aliphatic carbocycles. The number of benzene rings is 2. The van der Waals surface area contributed by atoms with Crippen molar-refractivity contribution in [2.24, 2.45) is 0 Å². The predicted molar refractivity (Wildman–Crippen MR) is 194 cm³/mol. The first-order chi connectivity index (χ1) is 24.3. The maximum Gasteiger partial charge on any atom is 0.271 e. The summed E-state index contributed by atoms with van der Waals surface area (Å²) >= 11 is 8.12. The molecule has 0 atom stereocenters. The smallest absolute Gasteiger partial charge is 0.271 e. The zero-order valence-corrected chi connectivity index (χ0v) is 28.8. The molecule has 1 amide bonds. The van der Waals surface area contributed by atoms with Crippen LogP contribution in [0.25, 0.3) is 26.5 Å². The van der Waals surface area contributed by atoms with E-state index in [1.165, 1.54) is 52.4 Å². The van der Waals surface area contributed by atoms with Gasteiger partial charge in [0.1, 0.15) is 28.6 Å². The van der Waals surface area contributed by atoms with Crippen molar-refractivity contribution in [2.45, 2.75) is 20.4 Å². The van der Waals surface area contributed by atoms with Crippen molar-refractivity contribution in [3.05, 3.63) is 124 Å². The number of halogens is 2. The first kappa shape index (κ1) is 34.7. The van der Waals surface area contributed by atoms with Crippen LogP contribution in [0, 0.1) is 5.82 Å². The van der Waals surface area contributed by atoms with Crippen LogP contribution in [-0.2, 0) is 11.3 Å². The maximum absolute atomic E-state index is 13.5. The second kappa shape index (κ2) is 16.0. The van der Waals surface area contributed by atoms with Crippen LogP contribution in [0.5, 0.6) is 17.2 Å². The zero-order valence-electron chi connectivity index (χ0n) is 27.2. The van der Waals surface area contributed by atoms with Crippen LogP contribution in [0.15, 0.2) is 96.2 Å². The highest BCUT2D eigenvalue weighted by Crippen LogP contribution is 2.39. The number of anilines is 1. The molecule has 50 heavy (non-hydrogen) atoms. The van der Waals surface area contributed by atoms with Crippen LogP contribution >= 0.6 is 22.9 Å². The highest BCUT2D eigenvalue weighted by Gasteiger charge is 2.21. The van der Waals surface area contributed by atoms with Gasteiger partial charge in [-0.1, -0.05) is 17.7 Å². The summed E-state index contributed by atoms with van der Waals surface area (Å²) in [6, 6.07) is 19.5. The van der Waals surface area contributed by atoms with Crippen molar-refractivity contribution in [3.8, 4) is 33.5 Å². The number of nitrogens with zero attached hydrogens (tertiary/aromatic N) is 3. The van der Waals surface area contributed by atoms with E-state index in [1.54, 1.807) is 37.4 Å². The summed E-state index contributed by atoms with van der Waals surface area (Å²) in [4.78, 5) is 37.1. The lowest BCUT2D eigenvalue weighted by molar-refractivity contribution is 0.102. The fourth-order valence-corrected chi connectivity index (χ4v) is 6.36. The normalized spacial score (nSPS) is 11.1. The summed E-state index contributed by atoms with van der Waals surface area (Å²) in [5.74, 6) is -0.0351. The maximum atomic E-state index is 13.5. The predicted octanol–water partition coefficient (Wildman–Crippen LogP) is 7.87. The Morgan fingerprint density at radius 3 is 2.56 bits per heavy atom. The van der Waals surface area contributed by atoms with E-state index in [2.05, 4.69) is 20.6 Å². The lowest BCUT2D eigenvalue weighted by Crippen LogP contribution is -2.29. The molecule has 0 radical (unpaired) electrons. The Morgan fingerprint density at radius 2 is 1.82 bits per heavy atom. The topological polar surface area (TPSA) is 117 Å². The molecular formula is C37H33ClFN5O5S. The van der Waals surface area contributed by atoms with Crippen molar-refractivity contribution < 1.29 is 23.4 Å². The second-order valence-corrected chi connectivity index (χ2v) is 12.4. The molecule has 2 aromatic carbocycles. The Morgan fingerprint density at radius 1 is 0.980 bits per heavy atom. The van der Waals surface area contributed by atoms with Gasteiger partial charge in [-0.3, -0.25) is 24.1 Å².